The van der Waals surface area contributed by atoms with E-state index in [-0.39, 0.29) is 17.7 Å². The van der Waals surface area contributed by atoms with Crippen LogP contribution >= 0.6 is 0 Å². The van der Waals surface area contributed by atoms with E-state index in [1.54, 1.807) is 0 Å². The Kier molecular flexibility index (Phi) is 3.96. The third-order valence-corrected chi connectivity index (χ3v) is 4.22. The summed E-state index contributed by atoms with van der Waals surface area (Å²) in [5.41, 5.74) is 6.96. The first-order chi connectivity index (χ1) is 9.69. The Labute approximate surface area is 120 Å². The third kappa shape index (κ3) is 2.82. The lowest BCUT2D eigenvalue weighted by Gasteiger charge is -2.37. The summed E-state index contributed by atoms with van der Waals surface area (Å²) in [6.45, 7) is 4.22. The van der Waals surface area contributed by atoms with Gasteiger partial charge in [0.25, 0.3) is 0 Å². The van der Waals surface area contributed by atoms with Crippen molar-refractivity contribution in [2.75, 3.05) is 19.8 Å². The van der Waals surface area contributed by atoms with Gasteiger partial charge in [0.2, 0.25) is 0 Å². The molecule has 0 aromatic heterocycles. The van der Waals surface area contributed by atoms with Crippen LogP contribution in [0.5, 0.6) is 5.75 Å². The van der Waals surface area contributed by atoms with Crippen LogP contribution in [0.1, 0.15) is 37.8 Å². The van der Waals surface area contributed by atoms with Gasteiger partial charge in [0, 0.05) is 37.5 Å². The van der Waals surface area contributed by atoms with Gasteiger partial charge in [-0.1, -0.05) is 18.2 Å². The number of ether oxygens (including phenoxy) is 3. The highest BCUT2D eigenvalue weighted by molar-refractivity contribution is 5.35. The predicted molar refractivity (Wildman–Crippen MR) is 76.8 cm³/mol. The van der Waals surface area contributed by atoms with Gasteiger partial charge < -0.3 is 19.9 Å². The molecule has 0 aliphatic carbocycles. The van der Waals surface area contributed by atoms with Gasteiger partial charge in [-0.2, -0.15) is 0 Å². The van der Waals surface area contributed by atoms with Crippen LogP contribution in [-0.4, -0.2) is 31.5 Å². The van der Waals surface area contributed by atoms with Gasteiger partial charge in [-0.05, 0) is 13.0 Å². The van der Waals surface area contributed by atoms with E-state index in [4.69, 9.17) is 19.9 Å². The minimum atomic E-state index is -0.119. The Bertz CT molecular complexity index is 455. The van der Waals surface area contributed by atoms with Gasteiger partial charge in [-0.15, -0.1) is 0 Å². The van der Waals surface area contributed by atoms with Gasteiger partial charge >= 0.3 is 0 Å². The molecule has 2 N–H and O–H groups in total. The van der Waals surface area contributed by atoms with Crippen LogP contribution in [0.3, 0.4) is 0 Å². The predicted octanol–water partition coefficient (Wildman–Crippen LogP) is 2.42. The molecule has 2 aliphatic rings. The Morgan fingerprint density at radius 3 is 2.95 bits per heavy atom. The van der Waals surface area contributed by atoms with Crippen molar-refractivity contribution in [3.63, 3.8) is 0 Å². The Morgan fingerprint density at radius 1 is 1.35 bits per heavy atom. The van der Waals surface area contributed by atoms with E-state index in [1.165, 1.54) is 0 Å². The second-order valence-electron chi connectivity index (χ2n) is 5.89. The molecule has 0 bridgehead atoms. The molecule has 4 heteroatoms. The summed E-state index contributed by atoms with van der Waals surface area (Å²) in [5.74, 6) is 0.906. The van der Waals surface area contributed by atoms with Crippen molar-refractivity contribution in [2.24, 2.45) is 5.73 Å². The topological polar surface area (TPSA) is 53.7 Å². The van der Waals surface area contributed by atoms with Crippen molar-refractivity contribution < 1.29 is 14.2 Å². The van der Waals surface area contributed by atoms with Crippen molar-refractivity contribution >= 4 is 0 Å². The highest BCUT2D eigenvalue weighted by Gasteiger charge is 2.41. The molecule has 0 amide bonds. The first-order valence-electron chi connectivity index (χ1n) is 7.41. The minimum absolute atomic E-state index is 0.0187. The molecule has 2 fully saturated rings. The second-order valence-corrected chi connectivity index (χ2v) is 5.89. The van der Waals surface area contributed by atoms with E-state index < -0.39 is 0 Å². The molecule has 3 rings (SSSR count). The van der Waals surface area contributed by atoms with Crippen molar-refractivity contribution in [1.82, 2.24) is 0 Å². The maximum atomic E-state index is 6.22. The van der Waals surface area contributed by atoms with E-state index in [1.807, 2.05) is 31.2 Å². The van der Waals surface area contributed by atoms with E-state index in [9.17, 15) is 0 Å². The zero-order valence-corrected chi connectivity index (χ0v) is 12.0. The smallest absolute Gasteiger partial charge is 0.124 e. The number of hydrogen-bond acceptors (Lipinski definition) is 4. The van der Waals surface area contributed by atoms with Gasteiger partial charge in [-0.25, -0.2) is 0 Å². The molecule has 0 radical (unpaired) electrons. The standard InChI is InChI=1S/C16H23NO3/c1-12(17)14-4-2-3-5-15(14)20-13-6-8-19-16(10-13)7-9-18-11-16/h2-5,12-13H,6-11,17H2,1H3/t12-,13?,16?/m0/s1. The van der Waals surface area contributed by atoms with E-state index in [0.717, 1.165) is 43.8 Å². The molecular weight excluding hydrogens is 254 g/mol. The Hall–Kier alpha value is -1.10. The van der Waals surface area contributed by atoms with Gasteiger partial charge in [0.15, 0.2) is 0 Å². The fourth-order valence-corrected chi connectivity index (χ4v) is 3.09. The van der Waals surface area contributed by atoms with Crippen LogP contribution in [-0.2, 0) is 9.47 Å². The molecule has 1 aromatic carbocycles. The summed E-state index contributed by atoms with van der Waals surface area (Å²) in [7, 11) is 0. The van der Waals surface area contributed by atoms with Gasteiger partial charge in [-0.3, -0.25) is 0 Å². The van der Waals surface area contributed by atoms with Crippen molar-refractivity contribution in [1.29, 1.82) is 0 Å². The van der Waals surface area contributed by atoms with Gasteiger partial charge in [0.1, 0.15) is 11.9 Å². The van der Waals surface area contributed by atoms with Gasteiger partial charge in [0.05, 0.1) is 18.8 Å². The highest BCUT2D eigenvalue weighted by Crippen LogP contribution is 2.35. The molecule has 2 unspecified atom stereocenters. The summed E-state index contributed by atoms with van der Waals surface area (Å²) in [5, 5.41) is 0. The number of hydrogen-bond donors (Lipinski definition) is 1. The maximum absolute atomic E-state index is 6.22. The SMILES string of the molecule is C[C@H](N)c1ccccc1OC1CCOC2(CCOC2)C1. The fraction of sp³-hybridized carbons (Fsp3) is 0.625. The van der Waals surface area contributed by atoms with Crippen LogP contribution in [0, 0.1) is 0 Å². The first-order valence-corrected chi connectivity index (χ1v) is 7.41. The summed E-state index contributed by atoms with van der Waals surface area (Å²) in [6, 6.07) is 8.02. The largest absolute Gasteiger partial charge is 0.490 e. The average Bonchev–Trinajstić information content (AvgIpc) is 2.87. The van der Waals surface area contributed by atoms with E-state index in [0.29, 0.717) is 6.61 Å². The van der Waals surface area contributed by atoms with Crippen LogP contribution in [0.4, 0.5) is 0 Å². The summed E-state index contributed by atoms with van der Waals surface area (Å²) in [4.78, 5) is 0. The third-order valence-electron chi connectivity index (χ3n) is 4.22. The number of benzene rings is 1. The molecule has 20 heavy (non-hydrogen) atoms. The van der Waals surface area contributed by atoms with Crippen molar-refractivity contribution in [3.8, 4) is 5.75 Å². The minimum Gasteiger partial charge on any atom is -0.490 e. The summed E-state index contributed by atoms with van der Waals surface area (Å²) >= 11 is 0. The summed E-state index contributed by atoms with van der Waals surface area (Å²) < 4.78 is 17.7. The lowest BCUT2D eigenvalue weighted by Crippen LogP contribution is -2.44. The molecule has 0 saturated carbocycles. The fourth-order valence-electron chi connectivity index (χ4n) is 3.09. The van der Waals surface area contributed by atoms with Crippen molar-refractivity contribution in [3.05, 3.63) is 29.8 Å². The number of nitrogens with two attached hydrogens (primary N) is 1. The first kappa shape index (κ1) is 13.9. The lowest BCUT2D eigenvalue weighted by molar-refractivity contribution is -0.112. The second kappa shape index (κ2) is 5.72. The molecule has 3 atom stereocenters. The van der Waals surface area contributed by atoms with E-state index >= 15 is 0 Å². The van der Waals surface area contributed by atoms with Crippen LogP contribution < -0.4 is 10.5 Å². The highest BCUT2D eigenvalue weighted by atomic mass is 16.6. The Balaban J connectivity index is 1.71. The van der Waals surface area contributed by atoms with Crippen LogP contribution in [0.15, 0.2) is 24.3 Å². The maximum Gasteiger partial charge on any atom is 0.124 e. The lowest BCUT2D eigenvalue weighted by atomic mass is 9.91. The average molecular weight is 277 g/mol. The Morgan fingerprint density at radius 2 is 2.20 bits per heavy atom. The monoisotopic (exact) mass is 277 g/mol. The molecule has 2 heterocycles. The molecule has 4 nitrogen and oxygen atoms in total. The molecule has 110 valence electrons. The van der Waals surface area contributed by atoms with Crippen molar-refractivity contribution in [2.45, 2.75) is 43.9 Å². The number of para-hydroxylation sites is 1. The number of rotatable bonds is 3. The quantitative estimate of drug-likeness (QED) is 0.922. The molecule has 2 aliphatic heterocycles. The van der Waals surface area contributed by atoms with Crippen LogP contribution in [0.2, 0.25) is 0 Å². The zero-order valence-electron chi connectivity index (χ0n) is 12.0. The molecular formula is C16H23NO3. The normalized spacial score (nSPS) is 31.4. The zero-order chi connectivity index (χ0) is 14.0. The molecule has 1 aromatic rings. The van der Waals surface area contributed by atoms with Crippen LogP contribution in [0.25, 0.3) is 0 Å². The molecule has 1 spiro atoms. The summed E-state index contributed by atoms with van der Waals surface area (Å²) in [6.07, 6.45) is 2.99. The van der Waals surface area contributed by atoms with E-state index in [2.05, 4.69) is 0 Å². The molecule has 2 saturated heterocycles.